The predicted octanol–water partition coefficient (Wildman–Crippen LogP) is 2.36. The topological polar surface area (TPSA) is 50.4 Å². The number of rotatable bonds is 2. The molecule has 0 spiro atoms. The van der Waals surface area contributed by atoms with Gasteiger partial charge in [-0.2, -0.15) is 5.10 Å². The summed E-state index contributed by atoms with van der Waals surface area (Å²) in [6, 6.07) is 3.35. The van der Waals surface area contributed by atoms with Crippen LogP contribution < -0.4 is 11.2 Å². The maximum atomic E-state index is 13.4. The molecule has 0 amide bonds. The molecule has 0 aliphatic rings. The van der Waals surface area contributed by atoms with Crippen LogP contribution >= 0.6 is 50.7 Å². The normalized spacial score (nSPS) is 10.6. The number of nitrogens with two attached hydrogens (primary N) is 1. The molecule has 3 N–H and O–H groups in total. The minimum Gasteiger partial charge on any atom is -0.375 e. The van der Waals surface area contributed by atoms with Crippen LogP contribution in [0.2, 0.25) is 0 Å². The van der Waals surface area contributed by atoms with E-state index in [-0.39, 0.29) is 10.9 Å². The smallest absolute Gasteiger partial charge is 0.184 e. The minimum absolute atomic E-state index is 0.0684. The minimum atomic E-state index is -0.310. The fourth-order valence-corrected chi connectivity index (χ4v) is 2.17. The van der Waals surface area contributed by atoms with Gasteiger partial charge in [0, 0.05) is 5.56 Å². The number of hydrogen-bond acceptors (Lipinski definition) is 2. The van der Waals surface area contributed by atoms with Crippen LogP contribution in [-0.2, 0) is 0 Å². The number of halogens is 3. The molecule has 0 radical (unpaired) electrons. The molecule has 7 heteroatoms. The Morgan fingerprint density at radius 1 is 1.67 bits per heavy atom. The summed E-state index contributed by atoms with van der Waals surface area (Å²) < 4.78 is 14.3. The van der Waals surface area contributed by atoms with E-state index in [0.29, 0.717) is 13.6 Å². The average Bonchev–Trinajstić information content (AvgIpc) is 2.18. The van der Waals surface area contributed by atoms with Crippen LogP contribution in [0.15, 0.2) is 21.7 Å². The first-order valence-electron chi connectivity index (χ1n) is 3.74. The van der Waals surface area contributed by atoms with Crippen LogP contribution in [0.3, 0.4) is 0 Å². The zero-order valence-electron chi connectivity index (χ0n) is 7.30. The molecule has 1 rings (SSSR count). The van der Waals surface area contributed by atoms with E-state index < -0.39 is 0 Å². The van der Waals surface area contributed by atoms with Gasteiger partial charge in [0.2, 0.25) is 0 Å². The van der Waals surface area contributed by atoms with E-state index in [4.69, 9.17) is 5.73 Å². The molecule has 1 aromatic carbocycles. The van der Waals surface area contributed by atoms with Gasteiger partial charge in [0.05, 0.1) is 14.3 Å². The molecule has 0 aliphatic heterocycles. The first kappa shape index (κ1) is 12.8. The monoisotopic (exact) mass is 401 g/mol. The highest BCUT2D eigenvalue weighted by Gasteiger charge is 2.07. The standard InChI is InChI=1S/C8H6BrFIN3S/c9-5-2-1-4(7(11)6(5)10)3-13-14-8(12)15/h1-3H,(H3,12,14,15). The van der Waals surface area contributed by atoms with Crippen LogP contribution in [0.5, 0.6) is 0 Å². The molecule has 0 heterocycles. The van der Waals surface area contributed by atoms with E-state index in [9.17, 15) is 4.39 Å². The maximum absolute atomic E-state index is 13.4. The second-order valence-electron chi connectivity index (χ2n) is 2.50. The number of hydrazone groups is 1. The van der Waals surface area contributed by atoms with Gasteiger partial charge in [-0.3, -0.25) is 5.43 Å². The fourth-order valence-electron chi connectivity index (χ4n) is 0.806. The quantitative estimate of drug-likeness (QED) is 0.263. The van der Waals surface area contributed by atoms with E-state index in [1.54, 1.807) is 12.1 Å². The van der Waals surface area contributed by atoms with Crippen molar-refractivity contribution in [2.24, 2.45) is 10.8 Å². The van der Waals surface area contributed by atoms with Gasteiger partial charge in [0.1, 0.15) is 0 Å². The van der Waals surface area contributed by atoms with Crippen molar-refractivity contribution in [3.05, 3.63) is 31.6 Å². The molecule has 80 valence electrons. The summed E-state index contributed by atoms with van der Waals surface area (Å²) in [6.45, 7) is 0. The Hall–Kier alpha value is -0.280. The number of nitrogens with one attached hydrogen (secondary N) is 1. The fraction of sp³-hybridized carbons (Fsp3) is 0. The molecule has 0 bridgehead atoms. The van der Waals surface area contributed by atoms with Crippen LogP contribution in [-0.4, -0.2) is 11.3 Å². The van der Waals surface area contributed by atoms with Gasteiger partial charge in [-0.05, 0) is 56.8 Å². The lowest BCUT2D eigenvalue weighted by Crippen LogP contribution is -2.24. The summed E-state index contributed by atoms with van der Waals surface area (Å²) in [7, 11) is 0. The summed E-state index contributed by atoms with van der Waals surface area (Å²) in [5.74, 6) is -0.310. The number of benzene rings is 1. The van der Waals surface area contributed by atoms with Crippen molar-refractivity contribution < 1.29 is 4.39 Å². The zero-order chi connectivity index (χ0) is 11.4. The van der Waals surface area contributed by atoms with Crippen LogP contribution in [0, 0.1) is 9.39 Å². The zero-order valence-corrected chi connectivity index (χ0v) is 11.9. The third-order valence-corrected chi connectivity index (χ3v) is 3.24. The molecule has 1 aromatic rings. The Kier molecular flexibility index (Phi) is 4.87. The molecule has 0 fully saturated rings. The van der Waals surface area contributed by atoms with Gasteiger partial charge in [-0.1, -0.05) is 6.07 Å². The van der Waals surface area contributed by atoms with Gasteiger partial charge in [0.25, 0.3) is 0 Å². The molecule has 0 aliphatic carbocycles. The average molecular weight is 402 g/mol. The largest absolute Gasteiger partial charge is 0.375 e. The van der Waals surface area contributed by atoms with Gasteiger partial charge in [-0.15, -0.1) is 0 Å². The van der Waals surface area contributed by atoms with Crippen molar-refractivity contribution in [1.29, 1.82) is 0 Å². The second-order valence-corrected chi connectivity index (χ2v) is 4.87. The Morgan fingerprint density at radius 2 is 2.33 bits per heavy atom. The molecule has 0 saturated carbocycles. The first-order chi connectivity index (χ1) is 7.02. The van der Waals surface area contributed by atoms with Crippen molar-refractivity contribution >= 4 is 62.1 Å². The van der Waals surface area contributed by atoms with Crippen LogP contribution in [0.25, 0.3) is 0 Å². The summed E-state index contributed by atoms with van der Waals surface area (Å²) in [5.41, 5.74) is 8.22. The molecule has 0 aromatic heterocycles. The number of thiocarbonyl (C=S) groups is 1. The Bertz CT molecular complexity index is 425. The lowest BCUT2D eigenvalue weighted by molar-refractivity contribution is 0.613. The highest BCUT2D eigenvalue weighted by molar-refractivity contribution is 14.1. The molecular weight excluding hydrogens is 396 g/mol. The van der Waals surface area contributed by atoms with E-state index in [2.05, 4.69) is 38.7 Å². The molecule has 3 nitrogen and oxygen atoms in total. The Balaban J connectivity index is 2.92. The highest BCUT2D eigenvalue weighted by atomic mass is 127. The predicted molar refractivity (Wildman–Crippen MR) is 74.3 cm³/mol. The lowest BCUT2D eigenvalue weighted by atomic mass is 10.2. The van der Waals surface area contributed by atoms with Crippen LogP contribution in [0.4, 0.5) is 4.39 Å². The van der Waals surface area contributed by atoms with Gasteiger partial charge in [-0.25, -0.2) is 4.39 Å². The third kappa shape index (κ3) is 3.65. The van der Waals surface area contributed by atoms with Gasteiger partial charge in [0.15, 0.2) is 10.9 Å². The second kappa shape index (κ2) is 5.71. The summed E-state index contributed by atoms with van der Waals surface area (Å²) in [5, 5.41) is 3.81. The molecule has 0 atom stereocenters. The SMILES string of the molecule is NC(=S)NN=Cc1ccc(Br)c(F)c1I. The molecule has 0 unspecified atom stereocenters. The maximum Gasteiger partial charge on any atom is 0.184 e. The summed E-state index contributed by atoms with van der Waals surface area (Å²) >= 11 is 9.55. The van der Waals surface area contributed by atoms with E-state index >= 15 is 0 Å². The van der Waals surface area contributed by atoms with Crippen molar-refractivity contribution in [3.63, 3.8) is 0 Å². The molecular formula is C8H6BrFIN3S. The number of hydrogen-bond donors (Lipinski definition) is 2. The van der Waals surface area contributed by atoms with E-state index in [0.717, 1.165) is 0 Å². The Morgan fingerprint density at radius 3 is 2.93 bits per heavy atom. The first-order valence-corrected chi connectivity index (χ1v) is 6.02. The van der Waals surface area contributed by atoms with Gasteiger partial charge >= 0.3 is 0 Å². The molecule has 0 saturated heterocycles. The highest BCUT2D eigenvalue weighted by Crippen LogP contribution is 2.22. The lowest BCUT2D eigenvalue weighted by Gasteiger charge is -2.01. The summed E-state index contributed by atoms with van der Waals surface area (Å²) in [4.78, 5) is 0. The van der Waals surface area contributed by atoms with Gasteiger partial charge < -0.3 is 5.73 Å². The van der Waals surface area contributed by atoms with Crippen molar-refractivity contribution in [2.45, 2.75) is 0 Å². The van der Waals surface area contributed by atoms with E-state index in [1.165, 1.54) is 6.21 Å². The Labute approximate surface area is 114 Å². The van der Waals surface area contributed by atoms with Crippen molar-refractivity contribution in [1.82, 2.24) is 5.43 Å². The van der Waals surface area contributed by atoms with Crippen molar-refractivity contribution in [3.8, 4) is 0 Å². The number of nitrogens with zero attached hydrogens (tertiary/aromatic N) is 1. The molecule has 15 heavy (non-hydrogen) atoms. The van der Waals surface area contributed by atoms with Crippen LogP contribution in [0.1, 0.15) is 5.56 Å². The van der Waals surface area contributed by atoms with E-state index in [1.807, 2.05) is 22.6 Å². The van der Waals surface area contributed by atoms with Crippen molar-refractivity contribution in [2.75, 3.05) is 0 Å². The summed E-state index contributed by atoms with van der Waals surface area (Å²) in [6.07, 6.45) is 1.45. The third-order valence-electron chi connectivity index (χ3n) is 1.44.